The fraction of sp³-hybridized carbons (Fsp3) is 0.250. The smallest absolute Gasteiger partial charge is 0.187 e. The van der Waals surface area contributed by atoms with Gasteiger partial charge in [0.2, 0.25) is 0 Å². The van der Waals surface area contributed by atoms with Gasteiger partial charge in [0.1, 0.15) is 0 Å². The summed E-state index contributed by atoms with van der Waals surface area (Å²) in [6, 6.07) is 9.34. The molecule has 0 aliphatic carbocycles. The van der Waals surface area contributed by atoms with Crippen LogP contribution in [0.1, 0.15) is 27.0 Å². The molecule has 24 heavy (non-hydrogen) atoms. The predicted molar refractivity (Wildman–Crippen MR) is 97.3 cm³/mol. The van der Waals surface area contributed by atoms with Crippen LogP contribution in [0, 0.1) is 20.8 Å². The summed E-state index contributed by atoms with van der Waals surface area (Å²) in [6.45, 7) is 6.17. The van der Waals surface area contributed by atoms with Crippen molar-refractivity contribution in [3.8, 4) is 11.5 Å². The number of benzene rings is 2. The van der Waals surface area contributed by atoms with Gasteiger partial charge >= 0.3 is 0 Å². The third kappa shape index (κ3) is 3.96. The summed E-state index contributed by atoms with van der Waals surface area (Å²) in [5, 5.41) is 3.20. The summed E-state index contributed by atoms with van der Waals surface area (Å²) >= 11 is 0. The maximum absolute atomic E-state index is 12.3. The monoisotopic (exact) mass is 325 g/mol. The van der Waals surface area contributed by atoms with Crippen molar-refractivity contribution in [3.63, 3.8) is 0 Å². The molecule has 2 aromatic rings. The number of hydrogen-bond acceptors (Lipinski definition) is 4. The van der Waals surface area contributed by atoms with Crippen LogP contribution in [-0.4, -0.2) is 20.0 Å². The van der Waals surface area contributed by atoms with Gasteiger partial charge < -0.3 is 14.8 Å². The summed E-state index contributed by atoms with van der Waals surface area (Å²) < 4.78 is 10.4. The highest BCUT2D eigenvalue weighted by Crippen LogP contribution is 2.28. The lowest BCUT2D eigenvalue weighted by atomic mass is 10.1. The fourth-order valence-electron chi connectivity index (χ4n) is 2.69. The highest BCUT2D eigenvalue weighted by Gasteiger charge is 2.08. The molecular formula is C20H23NO3. The first-order valence-electron chi connectivity index (χ1n) is 7.73. The molecule has 0 radical (unpaired) electrons. The normalized spacial score (nSPS) is 10.7. The largest absolute Gasteiger partial charge is 0.493 e. The van der Waals surface area contributed by atoms with E-state index in [1.807, 2.05) is 13.8 Å². The number of allylic oxidation sites excluding steroid dienone is 1. The number of hydrogen-bond donors (Lipinski definition) is 1. The Morgan fingerprint density at radius 3 is 2.17 bits per heavy atom. The van der Waals surface area contributed by atoms with E-state index >= 15 is 0 Å². The Labute approximate surface area is 143 Å². The van der Waals surface area contributed by atoms with Crippen LogP contribution in [0.4, 0.5) is 5.69 Å². The summed E-state index contributed by atoms with van der Waals surface area (Å²) in [4.78, 5) is 12.3. The molecule has 126 valence electrons. The van der Waals surface area contributed by atoms with Crippen LogP contribution in [0.2, 0.25) is 0 Å². The predicted octanol–water partition coefficient (Wildman–Crippen LogP) is 4.44. The van der Waals surface area contributed by atoms with Crippen molar-refractivity contribution in [1.29, 1.82) is 0 Å². The van der Waals surface area contributed by atoms with E-state index in [4.69, 9.17) is 9.47 Å². The first-order valence-corrected chi connectivity index (χ1v) is 7.73. The Morgan fingerprint density at radius 2 is 1.58 bits per heavy atom. The van der Waals surface area contributed by atoms with E-state index in [1.54, 1.807) is 38.6 Å². The molecular weight excluding hydrogens is 302 g/mol. The van der Waals surface area contributed by atoms with Gasteiger partial charge in [-0.25, -0.2) is 0 Å². The van der Waals surface area contributed by atoms with Gasteiger partial charge in [-0.3, -0.25) is 4.79 Å². The van der Waals surface area contributed by atoms with Gasteiger partial charge in [-0.15, -0.1) is 0 Å². The van der Waals surface area contributed by atoms with Crippen LogP contribution >= 0.6 is 0 Å². The summed E-state index contributed by atoms with van der Waals surface area (Å²) in [5.41, 5.74) is 5.09. The maximum atomic E-state index is 12.3. The van der Waals surface area contributed by atoms with Crippen LogP contribution < -0.4 is 14.8 Å². The minimum absolute atomic E-state index is 0.106. The van der Waals surface area contributed by atoms with E-state index in [1.165, 1.54) is 11.6 Å². The molecule has 1 N–H and O–H groups in total. The average Bonchev–Trinajstić information content (AvgIpc) is 2.56. The summed E-state index contributed by atoms with van der Waals surface area (Å²) in [7, 11) is 3.11. The van der Waals surface area contributed by atoms with Gasteiger partial charge in [-0.1, -0.05) is 17.7 Å². The van der Waals surface area contributed by atoms with Crippen molar-refractivity contribution in [1.82, 2.24) is 0 Å². The van der Waals surface area contributed by atoms with Crippen LogP contribution in [0.25, 0.3) is 0 Å². The lowest BCUT2D eigenvalue weighted by Crippen LogP contribution is -2.00. The summed E-state index contributed by atoms with van der Waals surface area (Å²) in [5.74, 6) is 1.03. The van der Waals surface area contributed by atoms with Gasteiger partial charge in [0, 0.05) is 23.5 Å². The molecule has 0 amide bonds. The molecule has 0 aliphatic rings. The number of carbonyl (C=O) groups is 1. The first-order chi connectivity index (χ1) is 11.5. The van der Waals surface area contributed by atoms with E-state index in [0.29, 0.717) is 17.1 Å². The number of aryl methyl sites for hydroxylation is 3. The SMILES string of the molecule is COc1ccc(C(=O)C=CNc2c(C)cc(C)cc2C)cc1OC. The maximum Gasteiger partial charge on any atom is 0.187 e. The fourth-order valence-corrected chi connectivity index (χ4v) is 2.69. The second kappa shape index (κ2) is 7.68. The van der Waals surface area contributed by atoms with Crippen LogP contribution in [-0.2, 0) is 0 Å². The van der Waals surface area contributed by atoms with Crippen molar-refractivity contribution in [3.05, 3.63) is 64.9 Å². The molecule has 0 saturated heterocycles. The van der Waals surface area contributed by atoms with Crippen molar-refractivity contribution in [2.45, 2.75) is 20.8 Å². The van der Waals surface area contributed by atoms with Crippen molar-refractivity contribution in [2.24, 2.45) is 0 Å². The quantitative estimate of drug-likeness (QED) is 0.630. The van der Waals surface area contributed by atoms with Crippen LogP contribution in [0.5, 0.6) is 11.5 Å². The van der Waals surface area contributed by atoms with Crippen molar-refractivity contribution >= 4 is 11.5 Å². The van der Waals surface area contributed by atoms with Crippen LogP contribution in [0.3, 0.4) is 0 Å². The Balaban J connectivity index is 2.14. The average molecular weight is 325 g/mol. The molecule has 0 fully saturated rings. The molecule has 0 saturated carbocycles. The zero-order valence-electron chi connectivity index (χ0n) is 14.8. The van der Waals surface area contributed by atoms with Gasteiger partial charge in [0.05, 0.1) is 14.2 Å². The van der Waals surface area contributed by atoms with E-state index in [9.17, 15) is 4.79 Å². The van der Waals surface area contributed by atoms with Gasteiger partial charge in [-0.05, 0) is 50.1 Å². The highest BCUT2D eigenvalue weighted by molar-refractivity contribution is 6.05. The third-order valence-electron chi connectivity index (χ3n) is 3.81. The molecule has 4 heteroatoms. The van der Waals surface area contributed by atoms with Crippen LogP contribution in [0.15, 0.2) is 42.6 Å². The molecule has 0 aromatic heterocycles. The minimum atomic E-state index is -0.106. The standard InChI is InChI=1S/C20H23NO3/c1-13-10-14(2)20(15(3)11-13)21-9-8-17(22)16-6-7-18(23-4)19(12-16)24-5/h6-12,21H,1-5H3. The van der Waals surface area contributed by atoms with E-state index in [-0.39, 0.29) is 5.78 Å². The molecule has 0 unspecified atom stereocenters. The molecule has 0 spiro atoms. The first kappa shape index (κ1) is 17.6. The summed E-state index contributed by atoms with van der Waals surface area (Å²) in [6.07, 6.45) is 3.18. The molecule has 0 aliphatic heterocycles. The van der Waals surface area contributed by atoms with Gasteiger partial charge in [-0.2, -0.15) is 0 Å². The minimum Gasteiger partial charge on any atom is -0.493 e. The van der Waals surface area contributed by atoms with Gasteiger partial charge in [0.25, 0.3) is 0 Å². The molecule has 4 nitrogen and oxygen atoms in total. The number of carbonyl (C=O) groups excluding carboxylic acids is 1. The number of methoxy groups -OCH3 is 2. The van der Waals surface area contributed by atoms with E-state index < -0.39 is 0 Å². The van der Waals surface area contributed by atoms with E-state index in [2.05, 4.69) is 24.4 Å². The lowest BCUT2D eigenvalue weighted by Gasteiger charge is -2.11. The molecule has 0 heterocycles. The van der Waals surface area contributed by atoms with Crippen molar-refractivity contribution < 1.29 is 14.3 Å². The second-order valence-corrected chi connectivity index (χ2v) is 5.69. The Kier molecular flexibility index (Phi) is 5.64. The zero-order valence-corrected chi connectivity index (χ0v) is 14.8. The van der Waals surface area contributed by atoms with Crippen molar-refractivity contribution in [2.75, 3.05) is 19.5 Å². The number of nitrogens with one attached hydrogen (secondary N) is 1. The van der Waals surface area contributed by atoms with Gasteiger partial charge in [0.15, 0.2) is 17.3 Å². The lowest BCUT2D eigenvalue weighted by molar-refractivity contribution is 0.104. The third-order valence-corrected chi connectivity index (χ3v) is 3.81. The number of rotatable bonds is 6. The zero-order chi connectivity index (χ0) is 17.7. The highest BCUT2D eigenvalue weighted by atomic mass is 16.5. The second-order valence-electron chi connectivity index (χ2n) is 5.69. The number of anilines is 1. The van der Waals surface area contributed by atoms with E-state index in [0.717, 1.165) is 16.8 Å². The number of ether oxygens (including phenoxy) is 2. The number of ketones is 1. The molecule has 0 bridgehead atoms. The topological polar surface area (TPSA) is 47.6 Å². The Hall–Kier alpha value is -2.75. The Morgan fingerprint density at radius 1 is 0.958 bits per heavy atom. The molecule has 0 atom stereocenters. The molecule has 2 rings (SSSR count). The Bertz CT molecular complexity index is 755. The molecule has 2 aromatic carbocycles.